The molecule has 0 amide bonds. The Morgan fingerprint density at radius 2 is 1.78 bits per heavy atom. The number of aliphatic hydroxyl groups excluding tert-OH is 3. The summed E-state index contributed by atoms with van der Waals surface area (Å²) in [6.45, 7) is 3.96. The van der Waals surface area contributed by atoms with Crippen LogP contribution in [0.3, 0.4) is 0 Å². The minimum atomic E-state index is -2.34. The van der Waals surface area contributed by atoms with Crippen LogP contribution in [0.25, 0.3) is 27.8 Å². The van der Waals surface area contributed by atoms with Gasteiger partial charge in [-0.15, -0.1) is 0 Å². The molecule has 3 aliphatic heterocycles. The summed E-state index contributed by atoms with van der Waals surface area (Å²) in [6, 6.07) is 14.2. The Morgan fingerprint density at radius 1 is 1.03 bits per heavy atom. The molecule has 0 saturated carbocycles. The van der Waals surface area contributed by atoms with Gasteiger partial charge in [0.05, 0.1) is 10.9 Å². The Morgan fingerprint density at radius 3 is 2.48 bits per heavy atom. The highest BCUT2D eigenvalue weighted by Gasteiger charge is 2.54. The number of carboxylic acid groups (broad SMARTS) is 1. The molecule has 1 unspecified atom stereocenters. The third kappa shape index (κ3) is 8.18. The average Bonchev–Trinajstić information content (AvgIpc) is 3.77. The van der Waals surface area contributed by atoms with Gasteiger partial charge in [-0.1, -0.05) is 29.3 Å². The number of aliphatic carboxylic acids is 1. The van der Waals surface area contributed by atoms with Gasteiger partial charge in [0.2, 0.25) is 24.7 Å². The van der Waals surface area contributed by atoms with Crippen molar-refractivity contribution in [3.05, 3.63) is 111 Å². The second-order valence-electron chi connectivity index (χ2n) is 14.0. The predicted molar refractivity (Wildman–Crippen MR) is 203 cm³/mol. The normalized spacial score (nSPS) is 23.6. The topological polar surface area (TPSA) is 248 Å². The molecule has 4 aromatic rings. The standard InChI is InChI=1S/C41H39N3O14/c1-20-14-21(2)16-24(15-20)32-30-23(10-12-43-30)18-44(32)58-37-35(49)34(48)36(40(53)57-39(52)31(38(50)51)42-11-3-13-45)56-41(37)55-26-8-9-27-29(17-26)54-19-28(33(27)47)22-4-6-25(46)7-5-22/h4-10,12-17,19,31,34-37,40-42,46,48-49,53H,3,11,18H2,1-2H3,(H,50,51)/p+1/t31-,34-,35-,36-,37+,40+,41+/m1/s1. The molecule has 1 aromatic heterocycles. The number of carbonyl (C=O) groups is 3. The van der Waals surface area contributed by atoms with Crippen molar-refractivity contribution in [2.45, 2.75) is 63.3 Å². The van der Waals surface area contributed by atoms with Crippen LogP contribution >= 0.6 is 0 Å². The first-order valence-corrected chi connectivity index (χ1v) is 18.2. The van der Waals surface area contributed by atoms with Gasteiger partial charge >= 0.3 is 11.9 Å². The van der Waals surface area contributed by atoms with Crippen molar-refractivity contribution in [3.63, 3.8) is 0 Å². The average molecular weight is 799 g/mol. The monoisotopic (exact) mass is 798 g/mol. The molecule has 7 rings (SSSR count). The number of hydrogen-bond acceptors (Lipinski definition) is 15. The molecule has 3 aromatic carbocycles. The second kappa shape index (κ2) is 16.8. The summed E-state index contributed by atoms with van der Waals surface area (Å²) in [5, 5.41) is 56.2. The van der Waals surface area contributed by atoms with Crippen molar-refractivity contribution in [1.82, 2.24) is 5.32 Å². The fourth-order valence-electron chi connectivity index (χ4n) is 7.09. The largest absolute Gasteiger partial charge is 0.508 e. The van der Waals surface area contributed by atoms with Gasteiger partial charge < -0.3 is 49.0 Å². The second-order valence-corrected chi connectivity index (χ2v) is 14.0. The lowest BCUT2D eigenvalue weighted by molar-refractivity contribution is -1.04. The van der Waals surface area contributed by atoms with Crippen LogP contribution in [0.1, 0.15) is 23.1 Å². The van der Waals surface area contributed by atoms with Crippen molar-refractivity contribution in [2.24, 2.45) is 4.99 Å². The molecule has 17 heteroatoms. The molecular formula is C41H40N3O14+. The first-order chi connectivity index (χ1) is 27.8. The number of ether oxygens (including phenoxy) is 3. The first kappa shape index (κ1) is 40.2. The Labute approximate surface area is 329 Å². The molecule has 1 saturated heterocycles. The number of aliphatic hydroxyl groups is 3. The van der Waals surface area contributed by atoms with Crippen LogP contribution in [-0.2, 0) is 28.7 Å². The number of fused-ring (bicyclic) bond motifs is 2. The van der Waals surface area contributed by atoms with Crippen molar-refractivity contribution in [3.8, 4) is 22.6 Å². The number of allylic oxidation sites excluding steroid dienone is 1. The van der Waals surface area contributed by atoms with E-state index in [1.165, 1.54) is 36.6 Å². The van der Waals surface area contributed by atoms with Gasteiger partial charge in [0, 0.05) is 36.4 Å². The Kier molecular flexibility index (Phi) is 11.6. The number of rotatable bonds is 14. The van der Waals surface area contributed by atoms with Gasteiger partial charge in [-0.3, -0.25) is 10.1 Å². The van der Waals surface area contributed by atoms with E-state index in [1.54, 1.807) is 18.3 Å². The van der Waals surface area contributed by atoms with E-state index in [4.69, 9.17) is 23.5 Å². The molecule has 302 valence electrons. The van der Waals surface area contributed by atoms with Gasteiger partial charge in [0.25, 0.3) is 0 Å². The van der Waals surface area contributed by atoms with E-state index in [9.17, 15) is 44.7 Å². The zero-order valence-corrected chi connectivity index (χ0v) is 31.1. The molecular weight excluding hydrogens is 758 g/mol. The fraction of sp³-hybridized carbons (Fsp3) is 0.293. The number of aliphatic imine (C=N–C) groups is 1. The summed E-state index contributed by atoms with van der Waals surface area (Å²) < 4.78 is 23.0. The molecule has 17 nitrogen and oxygen atoms in total. The molecule has 0 aliphatic carbocycles. The summed E-state index contributed by atoms with van der Waals surface area (Å²) in [5.41, 5.74) is 5.39. The number of aldehydes is 1. The van der Waals surface area contributed by atoms with Crippen molar-refractivity contribution in [1.29, 1.82) is 0 Å². The summed E-state index contributed by atoms with van der Waals surface area (Å²) >= 11 is 0. The maximum Gasteiger partial charge on any atom is 0.337 e. The highest BCUT2D eigenvalue weighted by Crippen LogP contribution is 2.33. The van der Waals surface area contributed by atoms with E-state index in [1.807, 2.05) is 38.1 Å². The molecule has 3 aliphatic rings. The Hall–Kier alpha value is -6.05. The molecule has 0 radical (unpaired) electrons. The van der Waals surface area contributed by atoms with E-state index in [-0.39, 0.29) is 53.0 Å². The van der Waals surface area contributed by atoms with Crippen LogP contribution < -0.4 is 20.5 Å². The van der Waals surface area contributed by atoms with Crippen LogP contribution in [0.5, 0.6) is 11.5 Å². The fourth-order valence-corrected chi connectivity index (χ4v) is 7.09. The third-order valence-corrected chi connectivity index (χ3v) is 9.81. The number of phenolic OH excluding ortho intramolecular Hbond substituents is 1. The van der Waals surface area contributed by atoms with Crippen molar-refractivity contribution >= 4 is 41.1 Å². The predicted octanol–water partition coefficient (Wildman–Crippen LogP) is 0.680. The Balaban J connectivity index is 1.20. The van der Waals surface area contributed by atoms with E-state index >= 15 is 0 Å². The molecule has 7 N–H and O–H groups in total. The van der Waals surface area contributed by atoms with E-state index in [0.29, 0.717) is 28.3 Å². The van der Waals surface area contributed by atoms with Crippen LogP contribution in [-0.4, -0.2) is 106 Å². The zero-order valence-electron chi connectivity index (χ0n) is 31.1. The van der Waals surface area contributed by atoms with Crippen LogP contribution in [0.4, 0.5) is 0 Å². The number of nitrogens with one attached hydrogen (secondary N) is 2. The highest BCUT2D eigenvalue weighted by molar-refractivity contribution is 5.98. The summed E-state index contributed by atoms with van der Waals surface area (Å²) in [4.78, 5) is 59.9. The van der Waals surface area contributed by atoms with E-state index in [0.717, 1.165) is 22.3 Å². The van der Waals surface area contributed by atoms with Crippen molar-refractivity contribution in [2.75, 3.05) is 13.1 Å². The van der Waals surface area contributed by atoms with Gasteiger partial charge in [-0.2, -0.15) is 9.90 Å². The zero-order chi connectivity index (χ0) is 41.2. The number of carboxylic acids is 1. The number of nitrogens with zero attached hydrogens (tertiary/aromatic N) is 1. The van der Waals surface area contributed by atoms with E-state index < -0.39 is 55.0 Å². The summed E-state index contributed by atoms with van der Waals surface area (Å²) in [6.07, 6.45) is -6.10. The maximum atomic E-state index is 13.5. The number of phenols is 1. The number of aryl methyl sites for hydroxylation is 2. The number of aromatic hydroxyl groups is 1. The maximum absolute atomic E-state index is 13.5. The number of quaternary nitrogens is 1. The highest BCUT2D eigenvalue weighted by atomic mass is 16.8. The quantitative estimate of drug-likeness (QED) is 0.0305. The minimum Gasteiger partial charge on any atom is -0.508 e. The molecule has 0 bridgehead atoms. The Bertz CT molecular complexity index is 2370. The number of esters is 1. The van der Waals surface area contributed by atoms with Gasteiger partial charge in [0.15, 0.2) is 17.2 Å². The summed E-state index contributed by atoms with van der Waals surface area (Å²) in [5.74, 6) is -3.05. The molecule has 1 fully saturated rings. The van der Waals surface area contributed by atoms with Crippen LogP contribution in [0.15, 0.2) is 98.5 Å². The van der Waals surface area contributed by atoms with Gasteiger partial charge in [-0.25, -0.2) is 14.6 Å². The number of benzene rings is 3. The molecule has 4 heterocycles. The van der Waals surface area contributed by atoms with Crippen LogP contribution in [0, 0.1) is 13.8 Å². The van der Waals surface area contributed by atoms with Gasteiger partial charge in [-0.05, 0) is 61.9 Å². The molecule has 58 heavy (non-hydrogen) atoms. The lowest BCUT2D eigenvalue weighted by Crippen LogP contribution is -3.08. The minimum absolute atomic E-state index is 0.0268. The van der Waals surface area contributed by atoms with Crippen LogP contribution in [0.2, 0.25) is 0 Å². The molecule has 8 atom stereocenters. The number of carbonyl (C=O) groups excluding carboxylic acids is 2. The number of hydrogen-bond donors (Lipinski definition) is 7. The van der Waals surface area contributed by atoms with Crippen molar-refractivity contribution < 1.29 is 68.4 Å². The third-order valence-electron chi connectivity index (χ3n) is 9.81. The first-order valence-electron chi connectivity index (χ1n) is 18.2. The SMILES string of the molecule is Cc1cc(C)cc(C2=C3N=CC=C3C[NH+]2O[C@@H]2[C@@H](Oc3ccc4c(=O)c(-c5ccc(O)cc5)coc4c3)O[C@@H]([C@@H](O)OC(=O)[C@H](NCCC=O)C(=O)O)[C@H](O)[C@H]2O)c1. The van der Waals surface area contributed by atoms with E-state index in [2.05, 4.69) is 10.3 Å². The molecule has 0 spiro atoms. The van der Waals surface area contributed by atoms with Gasteiger partial charge in [0.1, 0.15) is 54.1 Å². The number of hydroxylamine groups is 2. The lowest BCUT2D eigenvalue weighted by Gasteiger charge is -2.42. The summed E-state index contributed by atoms with van der Waals surface area (Å²) in [7, 11) is 0. The smallest absolute Gasteiger partial charge is 0.337 e. The lowest BCUT2D eigenvalue weighted by atomic mass is 9.98.